The highest BCUT2D eigenvalue weighted by Crippen LogP contribution is 2.11. The van der Waals surface area contributed by atoms with Gasteiger partial charge in [-0.1, -0.05) is 12.1 Å². The summed E-state index contributed by atoms with van der Waals surface area (Å²) < 4.78 is 5.66. The number of rotatable bonds is 9. The second-order valence-electron chi connectivity index (χ2n) is 5.00. The van der Waals surface area contributed by atoms with E-state index in [1.807, 2.05) is 55.0 Å². The average molecular weight is 293 g/mol. The number of amides is 1. The second kappa shape index (κ2) is 9.37. The number of hydrogen-bond acceptors (Lipinski definition) is 4. The third-order valence-electron chi connectivity index (χ3n) is 3.42. The predicted molar refractivity (Wildman–Crippen MR) is 85.3 cm³/mol. The molecule has 0 aliphatic heterocycles. The van der Waals surface area contributed by atoms with Crippen LogP contribution >= 0.6 is 0 Å². The molecule has 0 atom stereocenters. The van der Waals surface area contributed by atoms with Gasteiger partial charge in [-0.05, 0) is 38.6 Å². The fourth-order valence-electron chi connectivity index (χ4n) is 2.03. The molecule has 1 aromatic rings. The predicted octanol–water partition coefficient (Wildman–Crippen LogP) is 1.32. The number of likely N-dealkylation sites (N-methyl/N-ethyl adjacent to an activating group) is 2. The Balaban J connectivity index is 2.29. The van der Waals surface area contributed by atoms with Crippen LogP contribution in [0.3, 0.4) is 0 Å². The number of carbonyl (C=O) groups excluding carboxylic acids is 1. The lowest BCUT2D eigenvalue weighted by Crippen LogP contribution is -2.39. The van der Waals surface area contributed by atoms with Gasteiger partial charge < -0.3 is 15.4 Å². The number of benzene rings is 1. The molecule has 5 heteroatoms. The molecule has 0 aliphatic rings. The van der Waals surface area contributed by atoms with E-state index in [4.69, 9.17) is 10.5 Å². The Morgan fingerprint density at radius 2 is 1.81 bits per heavy atom. The van der Waals surface area contributed by atoms with E-state index in [1.54, 1.807) is 0 Å². The number of nitrogens with zero attached hydrogens (tertiary/aromatic N) is 2. The van der Waals surface area contributed by atoms with E-state index >= 15 is 0 Å². The second-order valence-corrected chi connectivity index (χ2v) is 5.00. The number of hydrogen-bond donors (Lipinski definition) is 1. The standard InChI is InChI=1S/C16H27N3O2/c1-4-19(5-2)16(20)13-18(3)10-11-21-15-8-6-14(12-17)7-9-15/h6-9H,4-5,10-13,17H2,1-3H3. The molecule has 1 amide bonds. The summed E-state index contributed by atoms with van der Waals surface area (Å²) in [7, 11) is 1.93. The molecule has 2 N–H and O–H groups in total. The SMILES string of the molecule is CCN(CC)C(=O)CN(C)CCOc1ccc(CN)cc1. The van der Waals surface area contributed by atoms with Crippen LogP contribution in [0.15, 0.2) is 24.3 Å². The Kier molecular flexibility index (Phi) is 7.79. The monoisotopic (exact) mass is 293 g/mol. The molecule has 0 heterocycles. The highest BCUT2D eigenvalue weighted by molar-refractivity contribution is 5.78. The van der Waals surface area contributed by atoms with Crippen molar-refractivity contribution in [3.63, 3.8) is 0 Å². The third-order valence-corrected chi connectivity index (χ3v) is 3.42. The first-order valence-corrected chi connectivity index (χ1v) is 7.48. The minimum atomic E-state index is 0.162. The molecule has 1 aromatic carbocycles. The molecule has 0 unspecified atom stereocenters. The molecular formula is C16H27N3O2. The van der Waals surface area contributed by atoms with Crippen LogP contribution in [0.5, 0.6) is 5.75 Å². The molecule has 0 aliphatic carbocycles. The maximum Gasteiger partial charge on any atom is 0.236 e. The first-order chi connectivity index (χ1) is 10.1. The summed E-state index contributed by atoms with van der Waals surface area (Å²) in [6.07, 6.45) is 0. The molecule has 5 nitrogen and oxygen atoms in total. The molecule has 1 rings (SSSR count). The quantitative estimate of drug-likeness (QED) is 0.746. The van der Waals surface area contributed by atoms with Crippen LogP contribution in [0.2, 0.25) is 0 Å². The molecular weight excluding hydrogens is 266 g/mol. The van der Waals surface area contributed by atoms with Crippen molar-refractivity contribution < 1.29 is 9.53 Å². The van der Waals surface area contributed by atoms with Crippen molar-refractivity contribution in [2.24, 2.45) is 5.73 Å². The van der Waals surface area contributed by atoms with Crippen molar-refractivity contribution in [2.45, 2.75) is 20.4 Å². The number of carbonyl (C=O) groups is 1. The maximum absolute atomic E-state index is 12.0. The van der Waals surface area contributed by atoms with Gasteiger partial charge >= 0.3 is 0 Å². The summed E-state index contributed by atoms with van der Waals surface area (Å²) in [5.74, 6) is 0.991. The van der Waals surface area contributed by atoms with Gasteiger partial charge in [0, 0.05) is 26.2 Å². The van der Waals surface area contributed by atoms with E-state index in [0.717, 1.165) is 24.4 Å². The average Bonchev–Trinajstić information content (AvgIpc) is 2.49. The fraction of sp³-hybridized carbons (Fsp3) is 0.562. The van der Waals surface area contributed by atoms with Crippen LogP contribution in [0.4, 0.5) is 0 Å². The van der Waals surface area contributed by atoms with Gasteiger partial charge in [-0.25, -0.2) is 0 Å². The van der Waals surface area contributed by atoms with Crippen molar-refractivity contribution >= 4 is 5.91 Å². The summed E-state index contributed by atoms with van der Waals surface area (Å²) in [5, 5.41) is 0. The zero-order valence-corrected chi connectivity index (χ0v) is 13.3. The first kappa shape index (κ1) is 17.5. The summed E-state index contributed by atoms with van der Waals surface area (Å²) in [4.78, 5) is 15.8. The van der Waals surface area contributed by atoms with E-state index in [9.17, 15) is 4.79 Å². The zero-order valence-electron chi connectivity index (χ0n) is 13.3. The summed E-state index contributed by atoms with van der Waals surface area (Å²) >= 11 is 0. The van der Waals surface area contributed by atoms with Crippen LogP contribution in [0, 0.1) is 0 Å². The Labute approximate surface area is 127 Å². The molecule has 0 aromatic heterocycles. The van der Waals surface area contributed by atoms with Crippen molar-refractivity contribution in [3.8, 4) is 5.75 Å². The van der Waals surface area contributed by atoms with Gasteiger partial charge in [0.05, 0.1) is 6.54 Å². The van der Waals surface area contributed by atoms with E-state index in [-0.39, 0.29) is 5.91 Å². The van der Waals surface area contributed by atoms with E-state index in [1.165, 1.54) is 0 Å². The normalized spacial score (nSPS) is 10.7. The van der Waals surface area contributed by atoms with Crippen LogP contribution in [-0.2, 0) is 11.3 Å². The zero-order chi connectivity index (χ0) is 15.7. The van der Waals surface area contributed by atoms with Crippen LogP contribution in [-0.4, -0.2) is 55.5 Å². The number of nitrogens with two attached hydrogens (primary N) is 1. The Bertz CT molecular complexity index is 416. The van der Waals surface area contributed by atoms with Crippen molar-refractivity contribution in [1.82, 2.24) is 9.80 Å². The molecule has 0 saturated heterocycles. The first-order valence-electron chi connectivity index (χ1n) is 7.48. The van der Waals surface area contributed by atoms with Gasteiger partial charge in [-0.3, -0.25) is 9.69 Å². The largest absolute Gasteiger partial charge is 0.492 e. The minimum absolute atomic E-state index is 0.162. The summed E-state index contributed by atoms with van der Waals surface area (Å²) in [5.41, 5.74) is 6.64. The smallest absolute Gasteiger partial charge is 0.236 e. The van der Waals surface area contributed by atoms with Gasteiger partial charge in [-0.15, -0.1) is 0 Å². The van der Waals surface area contributed by atoms with Gasteiger partial charge in [0.2, 0.25) is 5.91 Å². The highest BCUT2D eigenvalue weighted by Gasteiger charge is 2.12. The van der Waals surface area contributed by atoms with Crippen molar-refractivity contribution in [1.29, 1.82) is 0 Å². The highest BCUT2D eigenvalue weighted by atomic mass is 16.5. The lowest BCUT2D eigenvalue weighted by atomic mass is 10.2. The minimum Gasteiger partial charge on any atom is -0.492 e. The molecule has 0 radical (unpaired) electrons. The van der Waals surface area contributed by atoms with E-state index < -0.39 is 0 Å². The molecule has 0 bridgehead atoms. The molecule has 0 spiro atoms. The lowest BCUT2D eigenvalue weighted by Gasteiger charge is -2.23. The van der Waals surface area contributed by atoms with Gasteiger partial charge in [0.25, 0.3) is 0 Å². The fourth-order valence-corrected chi connectivity index (χ4v) is 2.03. The van der Waals surface area contributed by atoms with Gasteiger partial charge in [-0.2, -0.15) is 0 Å². The Hall–Kier alpha value is -1.59. The van der Waals surface area contributed by atoms with Crippen LogP contribution < -0.4 is 10.5 Å². The maximum atomic E-state index is 12.0. The molecule has 118 valence electrons. The Morgan fingerprint density at radius 1 is 1.19 bits per heavy atom. The Morgan fingerprint density at radius 3 is 2.33 bits per heavy atom. The topological polar surface area (TPSA) is 58.8 Å². The molecule has 0 fully saturated rings. The lowest BCUT2D eigenvalue weighted by molar-refractivity contribution is -0.131. The van der Waals surface area contributed by atoms with E-state index in [2.05, 4.69) is 0 Å². The van der Waals surface area contributed by atoms with Gasteiger partial charge in [0.1, 0.15) is 12.4 Å². The van der Waals surface area contributed by atoms with Gasteiger partial charge in [0.15, 0.2) is 0 Å². The molecule has 21 heavy (non-hydrogen) atoms. The molecule has 0 saturated carbocycles. The summed E-state index contributed by atoms with van der Waals surface area (Å²) in [6.45, 7) is 7.74. The van der Waals surface area contributed by atoms with Crippen LogP contribution in [0.1, 0.15) is 19.4 Å². The van der Waals surface area contributed by atoms with Crippen molar-refractivity contribution in [2.75, 3.05) is 39.8 Å². The van der Waals surface area contributed by atoms with Crippen LogP contribution in [0.25, 0.3) is 0 Å². The van der Waals surface area contributed by atoms with E-state index in [0.29, 0.717) is 26.2 Å². The number of ether oxygens (including phenoxy) is 1. The van der Waals surface area contributed by atoms with Crippen molar-refractivity contribution in [3.05, 3.63) is 29.8 Å². The summed E-state index contributed by atoms with van der Waals surface area (Å²) in [6, 6.07) is 7.76. The third kappa shape index (κ3) is 6.14.